The third kappa shape index (κ3) is 5.41. The highest BCUT2D eigenvalue weighted by Gasteiger charge is 2.11. The molecule has 0 radical (unpaired) electrons. The number of halogens is 1. The number of ketones is 1. The van der Waals surface area contributed by atoms with E-state index in [2.05, 4.69) is 5.32 Å². The number of hydrogen-bond donors (Lipinski definition) is 1. The molecule has 2 rings (SSSR count). The van der Waals surface area contributed by atoms with E-state index in [4.69, 9.17) is 9.47 Å². The van der Waals surface area contributed by atoms with E-state index in [-0.39, 0.29) is 18.0 Å². The lowest BCUT2D eigenvalue weighted by molar-refractivity contribution is -0.146. The maximum atomic E-state index is 13.6. The van der Waals surface area contributed by atoms with Gasteiger partial charge in [-0.25, -0.2) is 4.39 Å². The molecule has 1 amide bonds. The van der Waals surface area contributed by atoms with E-state index < -0.39 is 24.3 Å². The molecular formula is C19H18FNO5. The number of ether oxygens (including phenoxy) is 2. The summed E-state index contributed by atoms with van der Waals surface area (Å²) in [5.74, 6) is -1.84. The van der Waals surface area contributed by atoms with Gasteiger partial charge < -0.3 is 14.8 Å². The van der Waals surface area contributed by atoms with E-state index in [0.717, 1.165) is 0 Å². The molecule has 0 aliphatic heterocycles. The Morgan fingerprint density at radius 1 is 1.12 bits per heavy atom. The number of hydrogen-bond acceptors (Lipinski definition) is 5. The van der Waals surface area contributed by atoms with Crippen LogP contribution in [0.3, 0.4) is 0 Å². The van der Waals surface area contributed by atoms with E-state index >= 15 is 0 Å². The number of benzene rings is 2. The van der Waals surface area contributed by atoms with Crippen LogP contribution in [-0.2, 0) is 20.7 Å². The van der Waals surface area contributed by atoms with Crippen LogP contribution in [0.5, 0.6) is 5.75 Å². The zero-order valence-corrected chi connectivity index (χ0v) is 14.4. The molecule has 26 heavy (non-hydrogen) atoms. The lowest BCUT2D eigenvalue weighted by atomic mass is 10.1. The smallest absolute Gasteiger partial charge is 0.310 e. The molecule has 0 aromatic heterocycles. The number of carbonyl (C=O) groups excluding carboxylic acids is 3. The van der Waals surface area contributed by atoms with Gasteiger partial charge in [-0.3, -0.25) is 14.4 Å². The van der Waals surface area contributed by atoms with Gasteiger partial charge in [0.1, 0.15) is 0 Å². The monoisotopic (exact) mass is 359 g/mol. The summed E-state index contributed by atoms with van der Waals surface area (Å²) >= 11 is 0. The van der Waals surface area contributed by atoms with Crippen molar-refractivity contribution < 1.29 is 28.2 Å². The Morgan fingerprint density at radius 2 is 1.88 bits per heavy atom. The number of nitrogens with one attached hydrogen (secondary N) is 1. The van der Waals surface area contributed by atoms with Crippen molar-refractivity contribution in [2.24, 2.45) is 0 Å². The van der Waals surface area contributed by atoms with Crippen molar-refractivity contribution >= 4 is 23.3 Å². The number of anilines is 1. The highest BCUT2D eigenvalue weighted by atomic mass is 19.1. The van der Waals surface area contributed by atoms with Crippen molar-refractivity contribution in [1.82, 2.24) is 0 Å². The van der Waals surface area contributed by atoms with Crippen LogP contribution in [0.15, 0.2) is 42.5 Å². The fraction of sp³-hybridized carbons (Fsp3) is 0.211. The molecule has 2 aromatic rings. The molecule has 2 aromatic carbocycles. The maximum Gasteiger partial charge on any atom is 0.310 e. The van der Waals surface area contributed by atoms with E-state index in [9.17, 15) is 18.8 Å². The summed E-state index contributed by atoms with van der Waals surface area (Å²) in [6, 6.07) is 10.5. The maximum absolute atomic E-state index is 13.6. The second-order valence-corrected chi connectivity index (χ2v) is 5.49. The molecule has 0 saturated heterocycles. The summed E-state index contributed by atoms with van der Waals surface area (Å²) in [4.78, 5) is 34.9. The number of rotatable bonds is 7. The van der Waals surface area contributed by atoms with E-state index in [1.165, 1.54) is 38.3 Å². The predicted octanol–water partition coefficient (Wildman–Crippen LogP) is 2.76. The average molecular weight is 359 g/mol. The van der Waals surface area contributed by atoms with Crippen molar-refractivity contribution in [2.75, 3.05) is 19.0 Å². The van der Waals surface area contributed by atoms with Gasteiger partial charge in [-0.2, -0.15) is 0 Å². The third-order valence-corrected chi connectivity index (χ3v) is 3.48. The van der Waals surface area contributed by atoms with E-state index in [0.29, 0.717) is 16.8 Å². The Morgan fingerprint density at radius 3 is 2.54 bits per heavy atom. The molecule has 0 fully saturated rings. The van der Waals surface area contributed by atoms with Crippen LogP contribution in [0.25, 0.3) is 0 Å². The molecule has 136 valence electrons. The zero-order valence-electron chi connectivity index (χ0n) is 14.4. The molecule has 0 aliphatic carbocycles. The minimum atomic E-state index is -0.665. The highest BCUT2D eigenvalue weighted by Crippen LogP contribution is 2.18. The van der Waals surface area contributed by atoms with E-state index in [1.807, 2.05) is 0 Å². The van der Waals surface area contributed by atoms with Gasteiger partial charge in [-0.1, -0.05) is 18.2 Å². The number of methoxy groups -OCH3 is 1. The Bertz CT molecular complexity index is 834. The Labute approximate surface area is 149 Å². The molecule has 6 nitrogen and oxygen atoms in total. The molecular weight excluding hydrogens is 341 g/mol. The second-order valence-electron chi connectivity index (χ2n) is 5.49. The first kappa shape index (κ1) is 19.1. The second kappa shape index (κ2) is 8.75. The standard InChI is InChI=1S/C19H18FNO5/c1-12(22)14-4-3-5-15(10-14)21-18(23)11-26-19(24)9-13-6-7-17(25-2)16(20)8-13/h3-8,10H,9,11H2,1-2H3,(H,21,23). The molecule has 0 aliphatic rings. The zero-order chi connectivity index (χ0) is 19.1. The SMILES string of the molecule is COc1ccc(CC(=O)OCC(=O)Nc2cccc(C(C)=O)c2)cc1F. The van der Waals surface area contributed by atoms with Crippen LogP contribution in [0.1, 0.15) is 22.8 Å². The summed E-state index contributed by atoms with van der Waals surface area (Å²) in [7, 11) is 1.34. The van der Waals surface area contributed by atoms with E-state index in [1.54, 1.807) is 18.2 Å². The molecule has 1 N–H and O–H groups in total. The van der Waals surface area contributed by atoms with Crippen molar-refractivity contribution in [2.45, 2.75) is 13.3 Å². The molecule has 0 bridgehead atoms. The first-order valence-corrected chi connectivity index (χ1v) is 7.78. The quantitative estimate of drug-likeness (QED) is 0.607. The van der Waals surface area contributed by atoms with Crippen LogP contribution >= 0.6 is 0 Å². The van der Waals surface area contributed by atoms with Crippen LogP contribution in [0, 0.1) is 5.82 Å². The van der Waals surface area contributed by atoms with Gasteiger partial charge in [0.15, 0.2) is 24.0 Å². The van der Waals surface area contributed by atoms with Crippen LogP contribution in [0.2, 0.25) is 0 Å². The fourth-order valence-electron chi connectivity index (χ4n) is 2.20. The number of esters is 1. The summed E-state index contributed by atoms with van der Waals surface area (Å²) in [6.07, 6.45) is -0.173. The van der Waals surface area contributed by atoms with Crippen LogP contribution in [-0.4, -0.2) is 31.4 Å². The Kier molecular flexibility index (Phi) is 6.43. The number of carbonyl (C=O) groups is 3. The number of amides is 1. The highest BCUT2D eigenvalue weighted by molar-refractivity contribution is 5.97. The van der Waals surface area contributed by atoms with Gasteiger partial charge in [0.25, 0.3) is 5.91 Å². The lowest BCUT2D eigenvalue weighted by Gasteiger charge is -2.08. The summed E-state index contributed by atoms with van der Waals surface area (Å²) in [5.41, 5.74) is 1.29. The molecule has 7 heteroatoms. The average Bonchev–Trinajstić information content (AvgIpc) is 2.60. The van der Waals surface area contributed by atoms with Crippen molar-refractivity contribution in [1.29, 1.82) is 0 Å². The van der Waals surface area contributed by atoms with Crippen molar-refractivity contribution in [3.8, 4) is 5.75 Å². The molecule has 0 spiro atoms. The first-order valence-electron chi connectivity index (χ1n) is 7.78. The molecule has 0 heterocycles. The lowest BCUT2D eigenvalue weighted by Crippen LogP contribution is -2.21. The van der Waals surface area contributed by atoms with Gasteiger partial charge in [0.2, 0.25) is 0 Å². The van der Waals surface area contributed by atoms with Gasteiger partial charge in [0, 0.05) is 11.3 Å². The third-order valence-electron chi connectivity index (χ3n) is 3.48. The summed E-state index contributed by atoms with van der Waals surface area (Å²) < 4.78 is 23.3. The fourth-order valence-corrected chi connectivity index (χ4v) is 2.20. The predicted molar refractivity (Wildman–Crippen MR) is 92.7 cm³/mol. The minimum Gasteiger partial charge on any atom is -0.494 e. The molecule has 0 unspecified atom stereocenters. The van der Waals surface area contributed by atoms with Crippen molar-refractivity contribution in [3.63, 3.8) is 0 Å². The number of Topliss-reactive ketones (excluding diaryl/α,β-unsaturated/α-hetero) is 1. The largest absolute Gasteiger partial charge is 0.494 e. The van der Waals surface area contributed by atoms with Crippen molar-refractivity contribution in [3.05, 3.63) is 59.4 Å². The molecule has 0 saturated carbocycles. The van der Waals surface area contributed by atoms with Gasteiger partial charge in [-0.05, 0) is 36.8 Å². The van der Waals surface area contributed by atoms with Gasteiger partial charge in [0.05, 0.1) is 13.5 Å². The van der Waals surface area contributed by atoms with Crippen LogP contribution in [0.4, 0.5) is 10.1 Å². The Balaban J connectivity index is 1.85. The first-order chi connectivity index (χ1) is 12.4. The molecule has 0 atom stereocenters. The Hall–Kier alpha value is -3.22. The van der Waals surface area contributed by atoms with Gasteiger partial charge >= 0.3 is 5.97 Å². The summed E-state index contributed by atoms with van der Waals surface area (Å²) in [6.45, 7) is 0.937. The minimum absolute atomic E-state index is 0.0780. The van der Waals surface area contributed by atoms with Gasteiger partial charge in [-0.15, -0.1) is 0 Å². The normalized spacial score (nSPS) is 10.1. The summed E-state index contributed by atoms with van der Waals surface area (Å²) in [5, 5.41) is 2.54. The topological polar surface area (TPSA) is 81.7 Å². The van der Waals surface area contributed by atoms with Crippen LogP contribution < -0.4 is 10.1 Å².